The second-order valence-corrected chi connectivity index (χ2v) is 16.3. The molecule has 0 aromatic rings. The maximum absolute atomic E-state index is 12.8. The van der Waals surface area contributed by atoms with Crippen LogP contribution in [-0.4, -0.2) is 35.6 Å². The van der Waals surface area contributed by atoms with Crippen LogP contribution >= 0.6 is 0 Å². The number of allylic oxidation sites excluding steroid dienone is 14. The highest BCUT2D eigenvalue weighted by Crippen LogP contribution is 2.18. The third kappa shape index (κ3) is 47.3. The highest BCUT2D eigenvalue weighted by molar-refractivity contribution is 5.80. The maximum atomic E-state index is 12.8. The molecule has 0 aliphatic carbocycles. The van der Waals surface area contributed by atoms with Gasteiger partial charge in [-0.05, 0) is 116 Å². The SMILES string of the molecule is CC/C=C\C/C=C\C/C=C\C/C=C\C/C=C\CCCCCCCCCC(=O)OC(CCCCC/C=C\C/C=C\CCCCCCC)CCCCCCCC(=O)NCC(=O)O. The Bertz CT molecular complexity index is 1190. The van der Waals surface area contributed by atoms with Crippen molar-refractivity contribution in [3.05, 3.63) is 85.1 Å². The number of hydrogen-bond acceptors (Lipinski definition) is 4. The number of carboxylic acid groups (broad SMARTS) is 1. The fraction of sp³-hybridized carbons (Fsp3) is 0.685. The van der Waals surface area contributed by atoms with E-state index in [-0.39, 0.29) is 24.5 Å². The first-order chi connectivity index (χ1) is 29.5. The predicted molar refractivity (Wildman–Crippen MR) is 258 cm³/mol. The van der Waals surface area contributed by atoms with Gasteiger partial charge in [0.1, 0.15) is 12.6 Å². The lowest BCUT2D eigenvalue weighted by Gasteiger charge is -2.18. The van der Waals surface area contributed by atoms with Crippen molar-refractivity contribution in [1.29, 1.82) is 0 Å². The Balaban J connectivity index is 4.20. The Kier molecular flexibility index (Phi) is 45.5. The molecule has 6 heteroatoms. The summed E-state index contributed by atoms with van der Waals surface area (Å²) in [5.74, 6) is -1.26. The van der Waals surface area contributed by atoms with Crippen LogP contribution < -0.4 is 5.32 Å². The summed E-state index contributed by atoms with van der Waals surface area (Å²) in [6.45, 7) is 4.10. The zero-order valence-electron chi connectivity index (χ0n) is 38.8. The molecule has 0 spiro atoms. The second-order valence-electron chi connectivity index (χ2n) is 16.3. The molecule has 60 heavy (non-hydrogen) atoms. The van der Waals surface area contributed by atoms with Crippen LogP contribution in [0.15, 0.2) is 85.1 Å². The average molecular weight is 834 g/mol. The number of aliphatic carboxylic acids is 1. The molecule has 0 saturated heterocycles. The minimum atomic E-state index is -1.02. The number of hydrogen-bond donors (Lipinski definition) is 2. The summed E-state index contributed by atoms with van der Waals surface area (Å²) in [4.78, 5) is 35.2. The van der Waals surface area contributed by atoms with Gasteiger partial charge in [-0.1, -0.05) is 182 Å². The van der Waals surface area contributed by atoms with E-state index in [1.165, 1.54) is 77.0 Å². The van der Waals surface area contributed by atoms with Crippen molar-refractivity contribution in [2.45, 2.75) is 232 Å². The summed E-state index contributed by atoms with van der Waals surface area (Å²) >= 11 is 0. The molecule has 0 rings (SSSR count). The van der Waals surface area contributed by atoms with E-state index in [1.54, 1.807) is 0 Å². The molecule has 0 radical (unpaired) electrons. The van der Waals surface area contributed by atoms with Crippen molar-refractivity contribution >= 4 is 17.8 Å². The van der Waals surface area contributed by atoms with Gasteiger partial charge in [-0.2, -0.15) is 0 Å². The Hall–Kier alpha value is -3.41. The largest absolute Gasteiger partial charge is 0.480 e. The summed E-state index contributed by atoms with van der Waals surface area (Å²) in [6.07, 6.45) is 67.1. The van der Waals surface area contributed by atoms with Gasteiger partial charge in [-0.3, -0.25) is 14.4 Å². The number of carbonyl (C=O) groups is 3. The van der Waals surface area contributed by atoms with Crippen molar-refractivity contribution in [1.82, 2.24) is 5.32 Å². The van der Waals surface area contributed by atoms with E-state index in [9.17, 15) is 14.4 Å². The number of nitrogens with one attached hydrogen (secondary N) is 1. The average Bonchev–Trinajstić information content (AvgIpc) is 3.24. The summed E-state index contributed by atoms with van der Waals surface area (Å²) in [6, 6.07) is 0. The van der Waals surface area contributed by atoms with Crippen LogP contribution in [0.3, 0.4) is 0 Å². The molecule has 0 aromatic carbocycles. The predicted octanol–water partition coefficient (Wildman–Crippen LogP) is 15.9. The van der Waals surface area contributed by atoms with Crippen molar-refractivity contribution < 1.29 is 24.2 Å². The molecule has 1 amide bonds. The van der Waals surface area contributed by atoms with Crippen molar-refractivity contribution in [2.75, 3.05) is 6.54 Å². The van der Waals surface area contributed by atoms with E-state index in [0.29, 0.717) is 12.8 Å². The van der Waals surface area contributed by atoms with Gasteiger partial charge < -0.3 is 15.2 Å². The van der Waals surface area contributed by atoms with E-state index < -0.39 is 5.97 Å². The Labute approximate surface area is 369 Å². The van der Waals surface area contributed by atoms with Crippen molar-refractivity contribution in [3.8, 4) is 0 Å². The molecule has 0 heterocycles. The lowest BCUT2D eigenvalue weighted by Crippen LogP contribution is -2.28. The Morgan fingerprint density at radius 2 is 0.817 bits per heavy atom. The molecule has 342 valence electrons. The first kappa shape index (κ1) is 56.6. The number of esters is 1. The van der Waals surface area contributed by atoms with Gasteiger partial charge in [-0.25, -0.2) is 0 Å². The van der Waals surface area contributed by atoms with Gasteiger partial charge in [0.05, 0.1) is 0 Å². The van der Waals surface area contributed by atoms with Gasteiger partial charge in [0.15, 0.2) is 0 Å². The van der Waals surface area contributed by atoms with Crippen LogP contribution in [0.1, 0.15) is 226 Å². The van der Waals surface area contributed by atoms with Crippen molar-refractivity contribution in [3.63, 3.8) is 0 Å². The monoisotopic (exact) mass is 834 g/mol. The summed E-state index contributed by atoms with van der Waals surface area (Å²) in [7, 11) is 0. The lowest BCUT2D eigenvalue weighted by atomic mass is 10.0. The number of ether oxygens (including phenoxy) is 1. The fourth-order valence-corrected chi connectivity index (χ4v) is 6.92. The molecule has 6 nitrogen and oxygen atoms in total. The standard InChI is InChI=1S/C54H91NO5/c1-3-5-7-9-11-13-15-17-19-20-21-22-23-24-25-26-28-30-32-34-36-41-45-49-54(59)60-51(47-43-39-37-40-44-48-52(56)55-50-53(57)58)46-42-38-35-33-31-29-27-18-16-14-12-10-8-6-4-2/h5,7,11,13,16-19,21-22,24-25,29,31,51H,3-4,6,8-10,12,14-15,20,23,26-28,30,32-50H2,1-2H3,(H,55,56)(H,57,58)/b7-5-,13-11-,18-16-,19-17-,22-21-,25-24-,31-29-. The van der Waals surface area contributed by atoms with Crippen molar-refractivity contribution in [2.24, 2.45) is 0 Å². The van der Waals surface area contributed by atoms with E-state index in [4.69, 9.17) is 9.84 Å². The van der Waals surface area contributed by atoms with Crippen LogP contribution in [0.2, 0.25) is 0 Å². The zero-order valence-corrected chi connectivity index (χ0v) is 38.8. The van der Waals surface area contributed by atoms with E-state index in [2.05, 4.69) is 104 Å². The van der Waals surface area contributed by atoms with Gasteiger partial charge in [-0.15, -0.1) is 0 Å². The smallest absolute Gasteiger partial charge is 0.322 e. The van der Waals surface area contributed by atoms with Gasteiger partial charge in [0.2, 0.25) is 5.91 Å². The fourth-order valence-electron chi connectivity index (χ4n) is 6.92. The van der Waals surface area contributed by atoms with Gasteiger partial charge in [0.25, 0.3) is 0 Å². The number of rotatable bonds is 44. The quantitative estimate of drug-likeness (QED) is 0.0362. The van der Waals surface area contributed by atoms with Crippen LogP contribution in [0.4, 0.5) is 0 Å². The van der Waals surface area contributed by atoms with Gasteiger partial charge in [0, 0.05) is 12.8 Å². The first-order valence-corrected chi connectivity index (χ1v) is 24.7. The highest BCUT2D eigenvalue weighted by Gasteiger charge is 2.14. The van der Waals surface area contributed by atoms with Gasteiger partial charge >= 0.3 is 11.9 Å². The molecule has 1 unspecified atom stereocenters. The van der Waals surface area contributed by atoms with Crippen LogP contribution in [0, 0.1) is 0 Å². The molecular weight excluding hydrogens is 743 g/mol. The maximum Gasteiger partial charge on any atom is 0.322 e. The minimum Gasteiger partial charge on any atom is -0.480 e. The van der Waals surface area contributed by atoms with E-state index in [0.717, 1.165) is 122 Å². The Morgan fingerprint density at radius 1 is 0.450 bits per heavy atom. The van der Waals surface area contributed by atoms with E-state index >= 15 is 0 Å². The molecular formula is C54H91NO5. The zero-order chi connectivity index (χ0) is 43.7. The number of unbranched alkanes of at least 4 members (excludes halogenated alkanes) is 19. The Morgan fingerprint density at radius 3 is 1.27 bits per heavy atom. The van der Waals surface area contributed by atoms with Crippen LogP contribution in [0.5, 0.6) is 0 Å². The summed E-state index contributed by atoms with van der Waals surface area (Å²) in [5.41, 5.74) is 0. The summed E-state index contributed by atoms with van der Waals surface area (Å²) < 4.78 is 6.05. The molecule has 0 fully saturated rings. The number of carboxylic acids is 1. The molecule has 0 bridgehead atoms. The molecule has 0 aliphatic heterocycles. The normalized spacial score (nSPS) is 12.8. The molecule has 1 atom stereocenters. The lowest BCUT2D eigenvalue weighted by molar-refractivity contribution is -0.150. The number of carbonyl (C=O) groups excluding carboxylic acids is 2. The molecule has 0 saturated carbocycles. The third-order valence-electron chi connectivity index (χ3n) is 10.6. The van der Waals surface area contributed by atoms with E-state index in [1.807, 2.05) is 0 Å². The molecule has 2 N–H and O–H groups in total. The number of amides is 1. The van der Waals surface area contributed by atoms with Crippen LogP contribution in [-0.2, 0) is 19.1 Å². The second kappa shape index (κ2) is 48.3. The van der Waals surface area contributed by atoms with Crippen LogP contribution in [0.25, 0.3) is 0 Å². The topological polar surface area (TPSA) is 92.7 Å². The highest BCUT2D eigenvalue weighted by atomic mass is 16.5. The molecule has 0 aromatic heterocycles. The first-order valence-electron chi connectivity index (χ1n) is 24.7. The summed E-state index contributed by atoms with van der Waals surface area (Å²) in [5, 5.41) is 11.1. The minimum absolute atomic E-state index is 0.00934. The third-order valence-corrected chi connectivity index (χ3v) is 10.6. The molecule has 0 aliphatic rings.